The molecule has 0 atom stereocenters. The van der Waals surface area contributed by atoms with E-state index in [1.165, 1.54) is 31.1 Å². The fourth-order valence-electron chi connectivity index (χ4n) is 2.92. The molecular formula is C22H22N2O4. The number of hydrogen-bond acceptors (Lipinski definition) is 4. The van der Waals surface area contributed by atoms with Crippen molar-refractivity contribution in [1.29, 1.82) is 0 Å². The van der Waals surface area contributed by atoms with Crippen LogP contribution in [0.25, 0.3) is 17.0 Å². The molecule has 1 heterocycles. The van der Waals surface area contributed by atoms with Crippen molar-refractivity contribution in [2.75, 3.05) is 13.7 Å². The van der Waals surface area contributed by atoms with Crippen LogP contribution in [0.15, 0.2) is 54.7 Å². The van der Waals surface area contributed by atoms with Gasteiger partial charge >= 0.3 is 5.97 Å². The minimum Gasteiger partial charge on any atom is -0.493 e. The summed E-state index contributed by atoms with van der Waals surface area (Å²) in [5, 5.41) is 4.06. The van der Waals surface area contributed by atoms with Crippen LogP contribution in [-0.2, 0) is 16.0 Å². The summed E-state index contributed by atoms with van der Waals surface area (Å²) in [6.45, 7) is 1.87. The van der Waals surface area contributed by atoms with Crippen molar-refractivity contribution in [2.45, 2.75) is 13.3 Å². The number of H-pyrrole nitrogens is 1. The van der Waals surface area contributed by atoms with Crippen LogP contribution < -0.4 is 14.8 Å². The van der Waals surface area contributed by atoms with Gasteiger partial charge in [0, 0.05) is 36.6 Å². The predicted molar refractivity (Wildman–Crippen MR) is 108 cm³/mol. The van der Waals surface area contributed by atoms with E-state index in [1.807, 2.05) is 24.4 Å². The van der Waals surface area contributed by atoms with E-state index in [-0.39, 0.29) is 5.91 Å². The first kappa shape index (κ1) is 19.2. The first-order valence-electron chi connectivity index (χ1n) is 8.94. The van der Waals surface area contributed by atoms with Gasteiger partial charge < -0.3 is 19.8 Å². The first-order valence-corrected chi connectivity index (χ1v) is 8.94. The summed E-state index contributed by atoms with van der Waals surface area (Å²) in [7, 11) is 1.49. The fraction of sp³-hybridized carbons (Fsp3) is 0.182. The Bertz CT molecular complexity index is 1020. The lowest BCUT2D eigenvalue weighted by Crippen LogP contribution is -2.23. The van der Waals surface area contributed by atoms with Crippen LogP contribution in [0.4, 0.5) is 0 Å². The average Bonchev–Trinajstić information content (AvgIpc) is 3.10. The second kappa shape index (κ2) is 8.90. The second-order valence-corrected chi connectivity index (χ2v) is 6.24. The van der Waals surface area contributed by atoms with Crippen molar-refractivity contribution in [2.24, 2.45) is 0 Å². The molecule has 1 amide bonds. The third-order valence-corrected chi connectivity index (χ3v) is 4.24. The van der Waals surface area contributed by atoms with Gasteiger partial charge in [0.2, 0.25) is 5.91 Å². The van der Waals surface area contributed by atoms with Gasteiger partial charge in [0.25, 0.3) is 0 Å². The summed E-state index contributed by atoms with van der Waals surface area (Å²) < 4.78 is 10.3. The lowest BCUT2D eigenvalue weighted by Gasteiger charge is -2.08. The van der Waals surface area contributed by atoms with Crippen LogP contribution in [0.3, 0.4) is 0 Å². The molecule has 28 heavy (non-hydrogen) atoms. The molecule has 0 aliphatic rings. The highest BCUT2D eigenvalue weighted by Gasteiger charge is 2.07. The van der Waals surface area contributed by atoms with E-state index < -0.39 is 5.97 Å². The molecule has 2 N–H and O–H groups in total. The number of methoxy groups -OCH3 is 1. The van der Waals surface area contributed by atoms with E-state index in [2.05, 4.69) is 16.4 Å². The van der Waals surface area contributed by atoms with Crippen molar-refractivity contribution in [3.05, 3.63) is 65.9 Å². The maximum atomic E-state index is 12.1. The molecule has 2 aromatic carbocycles. The molecule has 0 saturated carbocycles. The summed E-state index contributed by atoms with van der Waals surface area (Å²) >= 11 is 0. The molecule has 3 rings (SSSR count). The Kier molecular flexibility index (Phi) is 6.11. The standard InChI is InChI=1S/C22H22N2O4/c1-15(25)28-20-9-7-16(13-21(20)27-2)8-10-22(26)23-12-11-17-14-24-19-6-4-3-5-18(17)19/h3-10,13-14,24H,11-12H2,1-2H3,(H,23,26)/b10-8+. The molecule has 0 saturated heterocycles. The zero-order valence-corrected chi connectivity index (χ0v) is 15.8. The summed E-state index contributed by atoms with van der Waals surface area (Å²) in [6.07, 6.45) is 5.87. The average molecular weight is 378 g/mol. The van der Waals surface area contributed by atoms with Crippen molar-refractivity contribution < 1.29 is 19.1 Å². The second-order valence-electron chi connectivity index (χ2n) is 6.24. The molecule has 0 radical (unpaired) electrons. The topological polar surface area (TPSA) is 80.4 Å². The number of aromatic nitrogens is 1. The van der Waals surface area contributed by atoms with E-state index in [4.69, 9.17) is 9.47 Å². The maximum absolute atomic E-state index is 12.1. The van der Waals surface area contributed by atoms with Crippen LogP contribution in [0.2, 0.25) is 0 Å². The highest BCUT2D eigenvalue weighted by Crippen LogP contribution is 2.28. The van der Waals surface area contributed by atoms with Crippen molar-refractivity contribution in [1.82, 2.24) is 10.3 Å². The zero-order valence-electron chi connectivity index (χ0n) is 15.8. The predicted octanol–water partition coefficient (Wildman–Crippen LogP) is 3.47. The number of benzene rings is 2. The van der Waals surface area contributed by atoms with E-state index in [1.54, 1.807) is 24.3 Å². The quantitative estimate of drug-likeness (QED) is 0.375. The third-order valence-electron chi connectivity index (χ3n) is 4.24. The molecule has 0 fully saturated rings. The molecule has 0 unspecified atom stereocenters. The molecular weight excluding hydrogens is 356 g/mol. The van der Waals surface area contributed by atoms with Gasteiger partial charge in [-0.15, -0.1) is 0 Å². The first-order chi connectivity index (χ1) is 13.6. The molecule has 0 spiro atoms. The lowest BCUT2D eigenvalue weighted by atomic mass is 10.1. The van der Waals surface area contributed by atoms with Gasteiger partial charge in [-0.05, 0) is 41.8 Å². The van der Waals surface area contributed by atoms with Crippen LogP contribution in [-0.4, -0.2) is 30.5 Å². The van der Waals surface area contributed by atoms with Crippen molar-refractivity contribution in [3.8, 4) is 11.5 Å². The number of para-hydroxylation sites is 1. The van der Waals surface area contributed by atoms with Gasteiger partial charge in [-0.25, -0.2) is 0 Å². The number of carbonyl (C=O) groups is 2. The van der Waals surface area contributed by atoms with Crippen LogP contribution >= 0.6 is 0 Å². The highest BCUT2D eigenvalue weighted by atomic mass is 16.6. The Morgan fingerprint density at radius 1 is 1.14 bits per heavy atom. The number of amides is 1. The normalized spacial score (nSPS) is 10.9. The summed E-state index contributed by atoms with van der Waals surface area (Å²) in [4.78, 5) is 26.4. The van der Waals surface area contributed by atoms with E-state index in [0.717, 1.165) is 17.5 Å². The smallest absolute Gasteiger partial charge is 0.308 e. The largest absolute Gasteiger partial charge is 0.493 e. The number of hydrogen-bond donors (Lipinski definition) is 2. The SMILES string of the molecule is COc1cc(/C=C/C(=O)NCCc2c[nH]c3ccccc23)ccc1OC(C)=O. The van der Waals surface area contributed by atoms with Gasteiger partial charge in [-0.2, -0.15) is 0 Å². The van der Waals surface area contributed by atoms with Crippen LogP contribution in [0.1, 0.15) is 18.1 Å². The van der Waals surface area contributed by atoms with Gasteiger partial charge in [0.05, 0.1) is 7.11 Å². The number of carbonyl (C=O) groups excluding carboxylic acids is 2. The minimum atomic E-state index is -0.420. The molecule has 0 aliphatic carbocycles. The molecule has 6 heteroatoms. The Balaban J connectivity index is 1.55. The summed E-state index contributed by atoms with van der Waals surface area (Å²) in [5.74, 6) is 0.173. The monoisotopic (exact) mass is 378 g/mol. The third kappa shape index (κ3) is 4.79. The zero-order chi connectivity index (χ0) is 19.9. The Labute approximate surface area is 163 Å². The van der Waals surface area contributed by atoms with Crippen molar-refractivity contribution >= 4 is 28.9 Å². The number of nitrogens with one attached hydrogen (secondary N) is 2. The van der Waals surface area contributed by atoms with Gasteiger partial charge in [0.1, 0.15) is 0 Å². The highest BCUT2D eigenvalue weighted by molar-refractivity contribution is 5.92. The van der Waals surface area contributed by atoms with E-state index in [0.29, 0.717) is 18.0 Å². The Morgan fingerprint density at radius 3 is 2.75 bits per heavy atom. The summed E-state index contributed by atoms with van der Waals surface area (Å²) in [6, 6.07) is 13.2. The van der Waals surface area contributed by atoms with Gasteiger partial charge in [-0.1, -0.05) is 24.3 Å². The van der Waals surface area contributed by atoms with Gasteiger partial charge in [-0.3, -0.25) is 9.59 Å². The number of fused-ring (bicyclic) bond motifs is 1. The van der Waals surface area contributed by atoms with Crippen LogP contribution in [0.5, 0.6) is 11.5 Å². The molecule has 0 aliphatic heterocycles. The maximum Gasteiger partial charge on any atom is 0.308 e. The molecule has 0 bridgehead atoms. The molecule has 144 valence electrons. The Morgan fingerprint density at radius 2 is 1.96 bits per heavy atom. The van der Waals surface area contributed by atoms with Crippen molar-refractivity contribution in [3.63, 3.8) is 0 Å². The van der Waals surface area contributed by atoms with Crippen LogP contribution in [0, 0.1) is 0 Å². The molecule has 6 nitrogen and oxygen atoms in total. The van der Waals surface area contributed by atoms with E-state index >= 15 is 0 Å². The number of esters is 1. The Hall–Kier alpha value is -3.54. The van der Waals surface area contributed by atoms with E-state index in [9.17, 15) is 9.59 Å². The lowest BCUT2D eigenvalue weighted by molar-refractivity contribution is -0.132. The molecule has 1 aromatic heterocycles. The number of aromatic amines is 1. The minimum absolute atomic E-state index is 0.178. The van der Waals surface area contributed by atoms with Gasteiger partial charge in [0.15, 0.2) is 11.5 Å². The number of rotatable bonds is 7. The fourth-order valence-corrected chi connectivity index (χ4v) is 2.92. The molecule has 3 aromatic rings. The summed E-state index contributed by atoms with van der Waals surface area (Å²) in [5.41, 5.74) is 3.03. The number of ether oxygens (including phenoxy) is 2.